The van der Waals surface area contributed by atoms with Crippen LogP contribution in [-0.2, 0) is 9.53 Å². The lowest BCUT2D eigenvalue weighted by molar-refractivity contribution is -0.143. The largest absolute Gasteiger partial charge is 0.460 e. The van der Waals surface area contributed by atoms with E-state index >= 15 is 0 Å². The summed E-state index contributed by atoms with van der Waals surface area (Å²) in [4.78, 5) is 11.1. The number of hydrogen-bond donors (Lipinski definition) is 1. The Morgan fingerprint density at radius 1 is 1.58 bits per heavy atom. The Bertz CT molecular complexity index is 167. The van der Waals surface area contributed by atoms with Crippen molar-refractivity contribution in [2.24, 2.45) is 5.92 Å². The van der Waals surface area contributed by atoms with E-state index in [4.69, 9.17) is 4.74 Å². The molecule has 1 aliphatic rings. The zero-order chi connectivity index (χ0) is 9.14. The van der Waals surface area contributed by atoms with Gasteiger partial charge in [-0.3, -0.25) is 4.79 Å². The van der Waals surface area contributed by atoms with Crippen molar-refractivity contribution < 1.29 is 14.6 Å². The number of aliphatic hydroxyl groups is 1. The van der Waals surface area contributed by atoms with Crippen LogP contribution < -0.4 is 0 Å². The highest BCUT2D eigenvalue weighted by atomic mass is 16.6. The molecule has 1 rings (SSSR count). The van der Waals surface area contributed by atoms with Crippen molar-refractivity contribution in [1.82, 2.24) is 0 Å². The lowest BCUT2D eigenvalue weighted by atomic mass is 9.96. The molecule has 1 fully saturated rings. The Hall–Kier alpha value is -0.570. The van der Waals surface area contributed by atoms with Gasteiger partial charge in [-0.1, -0.05) is 19.8 Å². The molecule has 1 heterocycles. The summed E-state index contributed by atoms with van der Waals surface area (Å²) in [5.41, 5.74) is 0. The van der Waals surface area contributed by atoms with Gasteiger partial charge in [0.1, 0.15) is 12.2 Å². The minimum Gasteiger partial charge on any atom is -0.460 e. The van der Waals surface area contributed by atoms with Crippen molar-refractivity contribution in [2.75, 3.05) is 0 Å². The minimum absolute atomic E-state index is 0.233. The fourth-order valence-electron chi connectivity index (χ4n) is 1.52. The van der Waals surface area contributed by atoms with Crippen molar-refractivity contribution in [3.8, 4) is 0 Å². The van der Waals surface area contributed by atoms with Gasteiger partial charge in [-0.25, -0.2) is 0 Å². The highest BCUT2D eigenvalue weighted by molar-refractivity contribution is 5.75. The second kappa shape index (κ2) is 3.90. The van der Waals surface area contributed by atoms with E-state index in [1.165, 1.54) is 0 Å². The Morgan fingerprint density at radius 3 is 2.67 bits per heavy atom. The van der Waals surface area contributed by atoms with Gasteiger partial charge in [-0.2, -0.15) is 0 Å². The minimum atomic E-state index is -0.593. The van der Waals surface area contributed by atoms with Crippen molar-refractivity contribution >= 4 is 5.97 Å². The van der Waals surface area contributed by atoms with Crippen LogP contribution in [0.4, 0.5) is 0 Å². The Balaban J connectivity index is 2.46. The van der Waals surface area contributed by atoms with E-state index in [1.54, 1.807) is 6.92 Å². The first kappa shape index (κ1) is 9.52. The van der Waals surface area contributed by atoms with Gasteiger partial charge in [-0.15, -0.1) is 0 Å². The fourth-order valence-corrected chi connectivity index (χ4v) is 1.52. The predicted octanol–water partition coefficient (Wildman–Crippen LogP) is 1.10. The Morgan fingerprint density at radius 2 is 2.25 bits per heavy atom. The van der Waals surface area contributed by atoms with Crippen LogP contribution in [0.25, 0.3) is 0 Å². The normalized spacial score (nSPS) is 35.2. The Labute approximate surface area is 72.7 Å². The number of cyclic esters (lactones) is 1. The monoisotopic (exact) mass is 172 g/mol. The third-order valence-electron chi connectivity index (χ3n) is 2.37. The van der Waals surface area contributed by atoms with Crippen LogP contribution >= 0.6 is 0 Å². The van der Waals surface area contributed by atoms with Crippen LogP contribution in [0.15, 0.2) is 0 Å². The number of hydrogen-bond acceptors (Lipinski definition) is 3. The van der Waals surface area contributed by atoms with Gasteiger partial charge < -0.3 is 9.84 Å². The van der Waals surface area contributed by atoms with Crippen LogP contribution in [0, 0.1) is 5.92 Å². The first-order valence-corrected chi connectivity index (χ1v) is 4.55. The topological polar surface area (TPSA) is 46.5 Å². The molecule has 0 aliphatic carbocycles. The maximum absolute atomic E-state index is 11.1. The summed E-state index contributed by atoms with van der Waals surface area (Å²) in [5, 5.41) is 9.51. The van der Waals surface area contributed by atoms with Crippen molar-refractivity contribution in [3.05, 3.63) is 0 Å². The van der Waals surface area contributed by atoms with E-state index in [0.717, 1.165) is 19.3 Å². The van der Waals surface area contributed by atoms with Crippen LogP contribution in [0.2, 0.25) is 0 Å². The van der Waals surface area contributed by atoms with Gasteiger partial charge in [0.05, 0.1) is 5.92 Å². The SMILES string of the molecule is CCCC[C@H]1C(=O)O[C@@H](C)[C@H]1O. The quantitative estimate of drug-likeness (QED) is 0.648. The third kappa shape index (κ3) is 1.78. The van der Waals surface area contributed by atoms with E-state index < -0.39 is 6.10 Å². The van der Waals surface area contributed by atoms with E-state index in [1.807, 2.05) is 0 Å². The summed E-state index contributed by atoms with van der Waals surface area (Å²) in [6, 6.07) is 0. The zero-order valence-electron chi connectivity index (χ0n) is 7.62. The van der Waals surface area contributed by atoms with Gasteiger partial charge in [-0.05, 0) is 13.3 Å². The molecular formula is C9H16O3. The molecular weight excluding hydrogens is 156 g/mol. The average Bonchev–Trinajstić information content (AvgIpc) is 2.25. The molecule has 1 N–H and O–H groups in total. The second-order valence-corrected chi connectivity index (χ2v) is 3.38. The Kier molecular flexibility index (Phi) is 3.09. The summed E-state index contributed by atoms with van der Waals surface area (Å²) in [6.07, 6.45) is 1.86. The fraction of sp³-hybridized carbons (Fsp3) is 0.889. The predicted molar refractivity (Wildman–Crippen MR) is 44.6 cm³/mol. The van der Waals surface area contributed by atoms with Crippen molar-refractivity contribution in [1.29, 1.82) is 0 Å². The highest BCUT2D eigenvalue weighted by Crippen LogP contribution is 2.25. The van der Waals surface area contributed by atoms with Crippen LogP contribution in [-0.4, -0.2) is 23.3 Å². The molecule has 3 atom stereocenters. The smallest absolute Gasteiger partial charge is 0.312 e. The number of carbonyl (C=O) groups is 1. The van der Waals surface area contributed by atoms with E-state index in [0.29, 0.717) is 0 Å². The molecule has 3 nitrogen and oxygen atoms in total. The molecule has 1 aliphatic heterocycles. The standard InChI is InChI=1S/C9H16O3/c1-3-4-5-7-8(10)6(2)12-9(7)11/h6-8,10H,3-5H2,1-2H3/t6-,7+,8+/m0/s1. The molecule has 1 saturated heterocycles. The summed E-state index contributed by atoms with van der Waals surface area (Å²) in [5.74, 6) is -0.511. The first-order chi connectivity index (χ1) is 5.66. The molecule has 0 unspecified atom stereocenters. The third-order valence-corrected chi connectivity index (χ3v) is 2.37. The molecule has 3 heteroatoms. The van der Waals surface area contributed by atoms with Gasteiger partial charge in [0, 0.05) is 0 Å². The molecule has 0 aromatic heterocycles. The molecule has 12 heavy (non-hydrogen) atoms. The molecule has 0 radical (unpaired) electrons. The van der Waals surface area contributed by atoms with E-state index in [-0.39, 0.29) is 18.0 Å². The molecule has 0 bridgehead atoms. The average molecular weight is 172 g/mol. The van der Waals surface area contributed by atoms with Crippen molar-refractivity contribution in [3.63, 3.8) is 0 Å². The number of carbonyl (C=O) groups excluding carboxylic acids is 1. The van der Waals surface area contributed by atoms with E-state index in [2.05, 4.69) is 6.92 Å². The molecule has 0 spiro atoms. The van der Waals surface area contributed by atoms with Gasteiger partial charge in [0.2, 0.25) is 0 Å². The molecule has 0 saturated carbocycles. The van der Waals surface area contributed by atoms with Crippen LogP contribution in [0.1, 0.15) is 33.1 Å². The molecule has 70 valence electrons. The number of ether oxygens (including phenoxy) is 1. The van der Waals surface area contributed by atoms with Gasteiger partial charge in [0.25, 0.3) is 0 Å². The summed E-state index contributed by atoms with van der Waals surface area (Å²) in [6.45, 7) is 3.80. The number of unbranched alkanes of at least 4 members (excludes halogenated alkanes) is 1. The number of rotatable bonds is 3. The number of esters is 1. The molecule has 0 amide bonds. The maximum Gasteiger partial charge on any atom is 0.312 e. The summed E-state index contributed by atoms with van der Waals surface area (Å²) < 4.78 is 4.89. The summed E-state index contributed by atoms with van der Waals surface area (Å²) in [7, 11) is 0. The van der Waals surface area contributed by atoms with Crippen LogP contribution in [0.5, 0.6) is 0 Å². The second-order valence-electron chi connectivity index (χ2n) is 3.38. The highest BCUT2D eigenvalue weighted by Gasteiger charge is 2.40. The van der Waals surface area contributed by atoms with Gasteiger partial charge in [0.15, 0.2) is 0 Å². The molecule has 0 aromatic rings. The van der Waals surface area contributed by atoms with E-state index in [9.17, 15) is 9.90 Å². The lowest BCUT2D eigenvalue weighted by Crippen LogP contribution is -2.24. The number of aliphatic hydroxyl groups excluding tert-OH is 1. The summed E-state index contributed by atoms with van der Waals surface area (Å²) >= 11 is 0. The van der Waals surface area contributed by atoms with Gasteiger partial charge >= 0.3 is 5.97 Å². The lowest BCUT2D eigenvalue weighted by Gasteiger charge is -2.10. The zero-order valence-corrected chi connectivity index (χ0v) is 7.62. The van der Waals surface area contributed by atoms with Crippen molar-refractivity contribution in [2.45, 2.75) is 45.3 Å². The maximum atomic E-state index is 11.1. The molecule has 0 aromatic carbocycles. The first-order valence-electron chi connectivity index (χ1n) is 4.55. The van der Waals surface area contributed by atoms with Crippen LogP contribution in [0.3, 0.4) is 0 Å².